The number of hydrogen-bond acceptors (Lipinski definition) is 1. The van der Waals surface area contributed by atoms with E-state index in [-0.39, 0.29) is 0 Å². The molecular formula is C13H16N2. The van der Waals surface area contributed by atoms with E-state index in [1.807, 2.05) is 13.1 Å². The van der Waals surface area contributed by atoms with Crippen molar-refractivity contribution in [3.05, 3.63) is 40.8 Å². The van der Waals surface area contributed by atoms with E-state index in [9.17, 15) is 0 Å². The van der Waals surface area contributed by atoms with E-state index in [0.717, 1.165) is 11.5 Å². The fraction of sp³-hybridized carbons (Fsp3) is 0.308. The second-order valence-corrected chi connectivity index (χ2v) is 4.16. The van der Waals surface area contributed by atoms with Crippen LogP contribution in [0.5, 0.6) is 0 Å². The van der Waals surface area contributed by atoms with E-state index in [4.69, 9.17) is 0 Å². The van der Waals surface area contributed by atoms with E-state index >= 15 is 0 Å². The molecule has 15 heavy (non-hydrogen) atoms. The maximum Gasteiger partial charge on any atom is 0.103 e. The number of nitrogens with one attached hydrogen (secondary N) is 1. The zero-order valence-electron chi connectivity index (χ0n) is 9.68. The van der Waals surface area contributed by atoms with Gasteiger partial charge in [0.1, 0.15) is 5.82 Å². The highest BCUT2D eigenvalue weighted by molar-refractivity contribution is 5.67. The fourth-order valence-corrected chi connectivity index (χ4v) is 2.15. The number of rotatable bonds is 1. The van der Waals surface area contributed by atoms with Crippen molar-refractivity contribution >= 4 is 0 Å². The molecule has 0 radical (unpaired) electrons. The Bertz CT molecular complexity index is 472. The van der Waals surface area contributed by atoms with Crippen LogP contribution in [0, 0.1) is 27.7 Å². The standard InChI is InChI=1S/C13H16N2/c1-8-5-9(2)13(10(3)6-8)12-7-14-11(4)15-12/h5-7H,1-4H3,(H,14,15). The Balaban J connectivity index is 2.62. The summed E-state index contributed by atoms with van der Waals surface area (Å²) in [5.41, 5.74) is 6.31. The molecule has 1 aromatic carbocycles. The maximum atomic E-state index is 4.24. The number of H-pyrrole nitrogens is 1. The molecule has 2 aromatic rings. The first-order valence-corrected chi connectivity index (χ1v) is 5.18. The molecule has 2 heteroatoms. The lowest BCUT2D eigenvalue weighted by molar-refractivity contribution is 1.15. The third-order valence-corrected chi connectivity index (χ3v) is 2.65. The summed E-state index contributed by atoms with van der Waals surface area (Å²) < 4.78 is 0. The summed E-state index contributed by atoms with van der Waals surface area (Å²) in [6.07, 6.45) is 1.90. The third kappa shape index (κ3) is 1.80. The molecule has 0 aliphatic rings. The lowest BCUT2D eigenvalue weighted by Crippen LogP contribution is -1.90. The third-order valence-electron chi connectivity index (χ3n) is 2.65. The molecule has 0 spiro atoms. The average Bonchev–Trinajstić information content (AvgIpc) is 2.49. The van der Waals surface area contributed by atoms with E-state index in [0.29, 0.717) is 0 Å². The highest BCUT2D eigenvalue weighted by atomic mass is 14.9. The number of aryl methyl sites for hydroxylation is 4. The molecule has 0 fully saturated rings. The number of aromatic amines is 1. The van der Waals surface area contributed by atoms with Crippen LogP contribution in [-0.2, 0) is 0 Å². The van der Waals surface area contributed by atoms with Gasteiger partial charge in [-0.15, -0.1) is 0 Å². The van der Waals surface area contributed by atoms with Crippen molar-refractivity contribution in [3.8, 4) is 11.3 Å². The van der Waals surface area contributed by atoms with E-state index in [2.05, 4.69) is 42.9 Å². The zero-order chi connectivity index (χ0) is 11.0. The summed E-state index contributed by atoms with van der Waals surface area (Å²) in [5.74, 6) is 0.962. The molecule has 0 saturated carbocycles. The van der Waals surface area contributed by atoms with Crippen LogP contribution in [0.15, 0.2) is 18.3 Å². The Morgan fingerprint density at radius 3 is 2.07 bits per heavy atom. The van der Waals surface area contributed by atoms with Crippen molar-refractivity contribution in [1.82, 2.24) is 9.97 Å². The normalized spacial score (nSPS) is 10.7. The molecule has 0 unspecified atom stereocenters. The van der Waals surface area contributed by atoms with Crippen molar-refractivity contribution in [2.45, 2.75) is 27.7 Å². The lowest BCUT2D eigenvalue weighted by Gasteiger charge is -2.09. The summed E-state index contributed by atoms with van der Waals surface area (Å²) in [6, 6.07) is 4.41. The van der Waals surface area contributed by atoms with Crippen LogP contribution >= 0.6 is 0 Å². The largest absolute Gasteiger partial charge is 0.342 e. The Morgan fingerprint density at radius 1 is 1.00 bits per heavy atom. The molecule has 2 nitrogen and oxygen atoms in total. The topological polar surface area (TPSA) is 28.7 Å². The first-order valence-electron chi connectivity index (χ1n) is 5.18. The SMILES string of the molecule is Cc1cc(C)c(-c2cnc(C)[nH]2)c(C)c1. The van der Waals surface area contributed by atoms with E-state index in [1.54, 1.807) is 0 Å². The van der Waals surface area contributed by atoms with Gasteiger partial charge in [0.05, 0.1) is 11.9 Å². The van der Waals surface area contributed by atoms with Crippen molar-refractivity contribution < 1.29 is 0 Å². The zero-order valence-corrected chi connectivity index (χ0v) is 9.68. The molecule has 2 rings (SSSR count). The van der Waals surface area contributed by atoms with Gasteiger partial charge in [-0.3, -0.25) is 0 Å². The highest BCUT2D eigenvalue weighted by Gasteiger charge is 2.08. The molecule has 0 saturated heterocycles. The van der Waals surface area contributed by atoms with Gasteiger partial charge in [-0.25, -0.2) is 4.98 Å². The molecule has 0 aliphatic heterocycles. The van der Waals surface area contributed by atoms with Gasteiger partial charge < -0.3 is 4.98 Å². The van der Waals surface area contributed by atoms with Gasteiger partial charge in [-0.1, -0.05) is 17.7 Å². The van der Waals surface area contributed by atoms with Crippen LogP contribution in [0.25, 0.3) is 11.3 Å². The number of imidazole rings is 1. The van der Waals surface area contributed by atoms with Crippen molar-refractivity contribution in [1.29, 1.82) is 0 Å². The minimum absolute atomic E-state index is 0.962. The predicted molar refractivity (Wildman–Crippen MR) is 63.0 cm³/mol. The van der Waals surface area contributed by atoms with Gasteiger partial charge in [0.15, 0.2) is 0 Å². The monoisotopic (exact) mass is 200 g/mol. The number of aromatic nitrogens is 2. The summed E-state index contributed by atoms with van der Waals surface area (Å²) in [5, 5.41) is 0. The number of hydrogen-bond donors (Lipinski definition) is 1. The fourth-order valence-electron chi connectivity index (χ4n) is 2.15. The summed E-state index contributed by atoms with van der Waals surface area (Å²) in [7, 11) is 0. The molecule has 1 aromatic heterocycles. The lowest BCUT2D eigenvalue weighted by atomic mass is 9.98. The second kappa shape index (κ2) is 3.54. The Hall–Kier alpha value is -1.57. The van der Waals surface area contributed by atoms with Crippen LogP contribution in [0.4, 0.5) is 0 Å². The molecule has 0 atom stereocenters. The Kier molecular flexibility index (Phi) is 2.35. The highest BCUT2D eigenvalue weighted by Crippen LogP contribution is 2.26. The first-order chi connectivity index (χ1) is 7.08. The van der Waals surface area contributed by atoms with E-state index < -0.39 is 0 Å². The molecule has 0 aliphatic carbocycles. The summed E-state index contributed by atoms with van der Waals surface area (Å²) >= 11 is 0. The summed E-state index contributed by atoms with van der Waals surface area (Å²) in [6.45, 7) is 8.39. The molecule has 1 heterocycles. The predicted octanol–water partition coefficient (Wildman–Crippen LogP) is 3.31. The minimum Gasteiger partial charge on any atom is -0.342 e. The Labute approximate surface area is 90.4 Å². The minimum atomic E-state index is 0.962. The molecule has 1 N–H and O–H groups in total. The molecular weight excluding hydrogens is 184 g/mol. The average molecular weight is 200 g/mol. The smallest absolute Gasteiger partial charge is 0.103 e. The van der Waals surface area contributed by atoms with Crippen LogP contribution in [0.1, 0.15) is 22.5 Å². The van der Waals surface area contributed by atoms with Crippen molar-refractivity contribution in [2.24, 2.45) is 0 Å². The number of nitrogens with zero attached hydrogens (tertiary/aromatic N) is 1. The summed E-state index contributed by atoms with van der Waals surface area (Å²) in [4.78, 5) is 7.52. The second-order valence-electron chi connectivity index (χ2n) is 4.16. The van der Waals surface area contributed by atoms with Crippen molar-refractivity contribution in [2.75, 3.05) is 0 Å². The van der Waals surface area contributed by atoms with E-state index in [1.165, 1.54) is 22.3 Å². The van der Waals surface area contributed by atoms with Gasteiger partial charge in [0.25, 0.3) is 0 Å². The van der Waals surface area contributed by atoms with Gasteiger partial charge in [-0.2, -0.15) is 0 Å². The van der Waals surface area contributed by atoms with Crippen LogP contribution in [0.3, 0.4) is 0 Å². The van der Waals surface area contributed by atoms with Gasteiger partial charge in [0, 0.05) is 5.56 Å². The van der Waals surface area contributed by atoms with Crippen molar-refractivity contribution in [3.63, 3.8) is 0 Å². The van der Waals surface area contributed by atoms with Crippen LogP contribution in [0.2, 0.25) is 0 Å². The van der Waals surface area contributed by atoms with Crippen LogP contribution < -0.4 is 0 Å². The molecule has 0 amide bonds. The Morgan fingerprint density at radius 2 is 1.60 bits per heavy atom. The molecule has 78 valence electrons. The van der Waals surface area contributed by atoms with Crippen LogP contribution in [-0.4, -0.2) is 9.97 Å². The van der Waals surface area contributed by atoms with Gasteiger partial charge >= 0.3 is 0 Å². The first kappa shape index (κ1) is 9.97. The molecule has 0 bridgehead atoms. The quantitative estimate of drug-likeness (QED) is 0.751. The maximum absolute atomic E-state index is 4.24. The van der Waals surface area contributed by atoms with Gasteiger partial charge in [-0.05, 0) is 38.8 Å². The number of benzene rings is 1. The van der Waals surface area contributed by atoms with Gasteiger partial charge in [0.2, 0.25) is 0 Å².